The van der Waals surface area contributed by atoms with Gasteiger partial charge in [0.05, 0.1) is 12.7 Å². The van der Waals surface area contributed by atoms with Gasteiger partial charge in [0.2, 0.25) is 0 Å². The molecule has 8 heteroatoms. The van der Waals surface area contributed by atoms with Crippen LogP contribution in [0.25, 0.3) is 0 Å². The van der Waals surface area contributed by atoms with Crippen molar-refractivity contribution in [1.29, 1.82) is 0 Å². The number of esters is 1. The first-order valence-electron chi connectivity index (χ1n) is 7.00. The maximum Gasteiger partial charge on any atom is 0.337 e. The van der Waals surface area contributed by atoms with E-state index in [9.17, 15) is 19.5 Å². The lowest BCUT2D eigenvalue weighted by molar-refractivity contribution is -0.136. The Kier molecular flexibility index (Phi) is 6.05. The van der Waals surface area contributed by atoms with Crippen molar-refractivity contribution in [3.05, 3.63) is 52.2 Å². The van der Waals surface area contributed by atoms with Crippen molar-refractivity contribution in [1.82, 2.24) is 5.32 Å². The first-order chi connectivity index (χ1) is 11.5. The molecule has 2 rings (SSSR count). The summed E-state index contributed by atoms with van der Waals surface area (Å²) in [6.45, 7) is -0.0615. The largest absolute Gasteiger partial charge is 0.465 e. The van der Waals surface area contributed by atoms with Gasteiger partial charge >= 0.3 is 17.8 Å². The number of rotatable bonds is 5. The van der Waals surface area contributed by atoms with Crippen LogP contribution < -0.4 is 10.6 Å². The minimum absolute atomic E-state index is 0.0615. The van der Waals surface area contributed by atoms with Crippen molar-refractivity contribution in [3.8, 4) is 0 Å². The third-order valence-corrected chi connectivity index (χ3v) is 4.07. The van der Waals surface area contributed by atoms with Crippen LogP contribution >= 0.6 is 11.3 Å². The molecule has 1 unspecified atom stereocenters. The Labute approximate surface area is 142 Å². The zero-order chi connectivity index (χ0) is 17.5. The van der Waals surface area contributed by atoms with Gasteiger partial charge in [0.1, 0.15) is 6.10 Å². The summed E-state index contributed by atoms with van der Waals surface area (Å²) in [6, 6.07) is 9.44. The van der Waals surface area contributed by atoms with Gasteiger partial charge in [-0.05, 0) is 35.7 Å². The highest BCUT2D eigenvalue weighted by Gasteiger charge is 2.16. The summed E-state index contributed by atoms with van der Waals surface area (Å²) >= 11 is 1.36. The van der Waals surface area contributed by atoms with Crippen molar-refractivity contribution in [3.63, 3.8) is 0 Å². The van der Waals surface area contributed by atoms with Gasteiger partial charge in [-0.3, -0.25) is 9.59 Å². The normalized spacial score (nSPS) is 11.4. The second-order valence-corrected chi connectivity index (χ2v) is 5.74. The third-order valence-electron chi connectivity index (χ3n) is 3.10. The average molecular weight is 348 g/mol. The Balaban J connectivity index is 1.85. The predicted octanol–water partition coefficient (Wildman–Crippen LogP) is 1.32. The lowest BCUT2D eigenvalue weighted by Gasteiger charge is -2.10. The Morgan fingerprint density at radius 2 is 1.88 bits per heavy atom. The number of hydrogen-bond acceptors (Lipinski definition) is 6. The molecule has 1 heterocycles. The maximum atomic E-state index is 11.8. The average Bonchev–Trinajstić information content (AvgIpc) is 3.14. The van der Waals surface area contributed by atoms with Gasteiger partial charge in [0, 0.05) is 17.1 Å². The zero-order valence-electron chi connectivity index (χ0n) is 12.8. The Bertz CT molecular complexity index is 713. The van der Waals surface area contributed by atoms with Crippen molar-refractivity contribution >= 4 is 34.8 Å². The summed E-state index contributed by atoms with van der Waals surface area (Å²) in [5.41, 5.74) is 0.695. The summed E-state index contributed by atoms with van der Waals surface area (Å²) in [5.74, 6) is -2.21. The van der Waals surface area contributed by atoms with Gasteiger partial charge in [-0.25, -0.2) is 4.79 Å². The van der Waals surface area contributed by atoms with E-state index in [1.165, 1.54) is 42.7 Å². The number of aliphatic hydroxyl groups is 1. The van der Waals surface area contributed by atoms with E-state index in [0.717, 1.165) is 0 Å². The quantitative estimate of drug-likeness (QED) is 0.558. The zero-order valence-corrected chi connectivity index (χ0v) is 13.6. The highest BCUT2D eigenvalue weighted by molar-refractivity contribution is 7.10. The first-order valence-corrected chi connectivity index (χ1v) is 7.88. The van der Waals surface area contributed by atoms with Crippen LogP contribution in [-0.4, -0.2) is 36.5 Å². The fourth-order valence-corrected chi connectivity index (χ4v) is 2.56. The van der Waals surface area contributed by atoms with Gasteiger partial charge in [-0.1, -0.05) is 6.07 Å². The number of carbonyl (C=O) groups is 3. The van der Waals surface area contributed by atoms with Crippen molar-refractivity contribution in [2.75, 3.05) is 19.0 Å². The number of amides is 2. The molecule has 0 saturated carbocycles. The fourth-order valence-electron chi connectivity index (χ4n) is 1.85. The first kappa shape index (κ1) is 17.6. The van der Waals surface area contributed by atoms with Gasteiger partial charge in [-0.15, -0.1) is 11.3 Å². The molecule has 0 saturated heterocycles. The van der Waals surface area contributed by atoms with E-state index in [-0.39, 0.29) is 6.54 Å². The van der Waals surface area contributed by atoms with E-state index in [2.05, 4.69) is 15.4 Å². The van der Waals surface area contributed by atoms with Crippen molar-refractivity contribution in [2.24, 2.45) is 0 Å². The van der Waals surface area contributed by atoms with Crippen LogP contribution in [-0.2, 0) is 14.3 Å². The smallest absolute Gasteiger partial charge is 0.337 e. The molecule has 0 aliphatic heterocycles. The molecule has 0 spiro atoms. The molecule has 126 valence electrons. The van der Waals surface area contributed by atoms with Gasteiger partial charge in [0.25, 0.3) is 0 Å². The van der Waals surface area contributed by atoms with E-state index < -0.39 is 23.9 Å². The summed E-state index contributed by atoms with van der Waals surface area (Å²) in [7, 11) is 1.27. The van der Waals surface area contributed by atoms with E-state index in [0.29, 0.717) is 16.1 Å². The highest BCUT2D eigenvalue weighted by atomic mass is 32.1. The maximum absolute atomic E-state index is 11.8. The molecule has 0 aliphatic carbocycles. The molecule has 1 aromatic heterocycles. The molecule has 1 aromatic carbocycles. The predicted molar refractivity (Wildman–Crippen MR) is 88.7 cm³/mol. The highest BCUT2D eigenvalue weighted by Crippen LogP contribution is 2.17. The number of methoxy groups -OCH3 is 1. The second kappa shape index (κ2) is 8.23. The number of nitrogens with one attached hydrogen (secondary N) is 2. The lowest BCUT2D eigenvalue weighted by Crippen LogP contribution is -2.37. The monoisotopic (exact) mass is 348 g/mol. The van der Waals surface area contributed by atoms with Crippen LogP contribution in [0.4, 0.5) is 5.69 Å². The number of hydrogen-bond donors (Lipinski definition) is 3. The van der Waals surface area contributed by atoms with E-state index in [1.807, 2.05) is 5.38 Å². The third kappa shape index (κ3) is 4.64. The number of aliphatic hydroxyl groups excluding tert-OH is 1. The molecule has 0 bridgehead atoms. The number of carbonyl (C=O) groups excluding carboxylic acids is 3. The fraction of sp³-hybridized carbons (Fsp3) is 0.188. The Morgan fingerprint density at radius 1 is 1.17 bits per heavy atom. The Morgan fingerprint density at radius 3 is 2.46 bits per heavy atom. The van der Waals surface area contributed by atoms with Crippen molar-refractivity contribution in [2.45, 2.75) is 6.10 Å². The van der Waals surface area contributed by atoms with Crippen LogP contribution in [0.3, 0.4) is 0 Å². The molecule has 1 atom stereocenters. The molecule has 24 heavy (non-hydrogen) atoms. The van der Waals surface area contributed by atoms with Gasteiger partial charge in [-0.2, -0.15) is 0 Å². The molecular weight excluding hydrogens is 332 g/mol. The van der Waals surface area contributed by atoms with Gasteiger partial charge < -0.3 is 20.5 Å². The summed E-state index contributed by atoms with van der Waals surface area (Å²) in [5, 5.41) is 16.4. The summed E-state index contributed by atoms with van der Waals surface area (Å²) < 4.78 is 4.57. The van der Waals surface area contributed by atoms with E-state index >= 15 is 0 Å². The lowest BCUT2D eigenvalue weighted by atomic mass is 10.2. The van der Waals surface area contributed by atoms with Crippen LogP contribution in [0.15, 0.2) is 41.8 Å². The SMILES string of the molecule is COC(=O)c1ccc(NC(=O)C(=O)NCC(O)c2cccs2)cc1. The Hall–Kier alpha value is -2.71. The molecule has 0 fully saturated rings. The molecule has 0 aliphatic rings. The van der Waals surface area contributed by atoms with Crippen LogP contribution in [0.1, 0.15) is 21.3 Å². The van der Waals surface area contributed by atoms with Gasteiger partial charge in [0.15, 0.2) is 0 Å². The minimum atomic E-state index is -0.862. The number of ether oxygens (including phenoxy) is 1. The van der Waals surface area contributed by atoms with E-state index in [1.54, 1.807) is 12.1 Å². The number of benzene rings is 1. The van der Waals surface area contributed by atoms with Crippen LogP contribution in [0, 0.1) is 0 Å². The topological polar surface area (TPSA) is 105 Å². The molecule has 2 aromatic rings. The molecule has 7 nitrogen and oxygen atoms in total. The van der Waals surface area contributed by atoms with Crippen LogP contribution in [0.2, 0.25) is 0 Å². The van der Waals surface area contributed by atoms with Crippen LogP contribution in [0.5, 0.6) is 0 Å². The summed E-state index contributed by atoms with van der Waals surface area (Å²) in [4.78, 5) is 35.5. The standard InChI is InChI=1S/C16H16N2O5S/c1-23-16(22)10-4-6-11(7-5-10)18-15(21)14(20)17-9-12(19)13-3-2-8-24-13/h2-8,12,19H,9H2,1H3,(H,17,20)(H,18,21). The summed E-state index contributed by atoms with van der Waals surface area (Å²) in [6.07, 6.45) is -0.860. The molecule has 0 radical (unpaired) electrons. The minimum Gasteiger partial charge on any atom is -0.465 e. The number of thiophene rings is 1. The molecule has 3 N–H and O–H groups in total. The van der Waals surface area contributed by atoms with Crippen molar-refractivity contribution < 1.29 is 24.2 Å². The second-order valence-electron chi connectivity index (χ2n) is 4.76. The number of anilines is 1. The molecular formula is C16H16N2O5S. The molecule has 2 amide bonds. The van der Waals surface area contributed by atoms with E-state index in [4.69, 9.17) is 0 Å².